The lowest BCUT2D eigenvalue weighted by Crippen LogP contribution is -2.00. The van der Waals surface area contributed by atoms with Crippen LogP contribution in [0.5, 0.6) is 5.75 Å². The SMILES string of the molecule is C/C(=C\COP(=O)(O)OP(=O)(O)O)COc1cccc(N=Nc2ccccc2)c1. The van der Waals surface area contributed by atoms with Crippen LogP contribution in [0.3, 0.4) is 0 Å². The van der Waals surface area contributed by atoms with Crippen LogP contribution in [0.2, 0.25) is 0 Å². The van der Waals surface area contributed by atoms with Crippen LogP contribution in [0.4, 0.5) is 11.4 Å². The summed E-state index contributed by atoms with van der Waals surface area (Å²) in [4.78, 5) is 26.2. The summed E-state index contributed by atoms with van der Waals surface area (Å²) in [5, 5.41) is 8.27. The second-order valence-corrected chi connectivity index (χ2v) is 8.54. The van der Waals surface area contributed by atoms with Gasteiger partial charge in [-0.1, -0.05) is 30.3 Å². The van der Waals surface area contributed by atoms with Crippen LogP contribution >= 0.6 is 15.6 Å². The molecule has 29 heavy (non-hydrogen) atoms. The highest BCUT2D eigenvalue weighted by Gasteiger charge is 2.31. The minimum Gasteiger partial charge on any atom is -0.489 e. The van der Waals surface area contributed by atoms with Crippen molar-refractivity contribution in [3.05, 3.63) is 66.2 Å². The smallest absolute Gasteiger partial charge is 0.481 e. The zero-order chi connectivity index (χ0) is 21.3. The molecule has 0 aliphatic carbocycles. The first-order chi connectivity index (χ1) is 13.6. The number of rotatable bonds is 10. The Hall–Kier alpha value is -2.16. The Morgan fingerprint density at radius 3 is 2.34 bits per heavy atom. The molecule has 0 spiro atoms. The molecule has 0 saturated carbocycles. The molecule has 12 heteroatoms. The largest absolute Gasteiger partial charge is 0.489 e. The molecule has 1 unspecified atom stereocenters. The molecule has 0 saturated heterocycles. The van der Waals surface area contributed by atoms with Crippen molar-refractivity contribution in [2.45, 2.75) is 6.92 Å². The summed E-state index contributed by atoms with van der Waals surface area (Å²) in [6.45, 7) is 1.44. The average Bonchev–Trinajstić information content (AvgIpc) is 2.64. The van der Waals surface area contributed by atoms with E-state index in [1.165, 1.54) is 6.08 Å². The van der Waals surface area contributed by atoms with E-state index in [4.69, 9.17) is 14.5 Å². The van der Waals surface area contributed by atoms with Gasteiger partial charge in [0.15, 0.2) is 0 Å². The van der Waals surface area contributed by atoms with Crippen LogP contribution in [0.15, 0.2) is 76.5 Å². The van der Waals surface area contributed by atoms with E-state index < -0.39 is 22.3 Å². The highest BCUT2D eigenvalue weighted by Crippen LogP contribution is 2.57. The summed E-state index contributed by atoms with van der Waals surface area (Å²) in [7, 11) is -9.99. The summed E-state index contributed by atoms with van der Waals surface area (Å²) in [6.07, 6.45) is 1.42. The van der Waals surface area contributed by atoms with Crippen molar-refractivity contribution in [2.75, 3.05) is 13.2 Å². The van der Waals surface area contributed by atoms with Crippen LogP contribution in [0.1, 0.15) is 6.92 Å². The van der Waals surface area contributed by atoms with Crippen LogP contribution in [-0.4, -0.2) is 27.9 Å². The van der Waals surface area contributed by atoms with Crippen LogP contribution in [0, 0.1) is 0 Å². The maximum atomic E-state index is 11.3. The van der Waals surface area contributed by atoms with Crippen molar-refractivity contribution < 1.29 is 37.4 Å². The number of azo groups is 1. The molecule has 0 aliphatic heterocycles. The molecular formula is C17H20N2O8P2. The molecular weight excluding hydrogens is 422 g/mol. The predicted molar refractivity (Wildman–Crippen MR) is 105 cm³/mol. The van der Waals surface area contributed by atoms with Crippen LogP contribution < -0.4 is 4.74 Å². The van der Waals surface area contributed by atoms with E-state index in [1.807, 2.05) is 30.3 Å². The number of benzene rings is 2. The molecule has 2 aromatic rings. The third-order valence-electron chi connectivity index (χ3n) is 3.20. The lowest BCUT2D eigenvalue weighted by molar-refractivity contribution is 0.190. The molecule has 2 rings (SSSR count). The molecule has 2 aromatic carbocycles. The fourth-order valence-corrected chi connectivity index (χ4v) is 3.46. The number of phosphoric acid groups is 2. The van der Waals surface area contributed by atoms with Gasteiger partial charge in [0.25, 0.3) is 0 Å². The van der Waals surface area contributed by atoms with E-state index in [9.17, 15) is 14.0 Å². The Morgan fingerprint density at radius 1 is 1.00 bits per heavy atom. The van der Waals surface area contributed by atoms with Gasteiger partial charge in [0.05, 0.1) is 18.0 Å². The van der Waals surface area contributed by atoms with E-state index in [2.05, 4.69) is 19.1 Å². The normalized spacial score (nSPS) is 14.7. The lowest BCUT2D eigenvalue weighted by Gasteiger charge is -2.11. The Kier molecular flexibility index (Phi) is 8.43. The van der Waals surface area contributed by atoms with Crippen molar-refractivity contribution >= 4 is 27.0 Å². The molecule has 0 heterocycles. The summed E-state index contributed by atoms with van der Waals surface area (Å²) in [5.41, 5.74) is 1.98. The molecule has 0 aliphatic rings. The fourth-order valence-electron chi connectivity index (χ4n) is 1.93. The summed E-state index contributed by atoms with van der Waals surface area (Å²) >= 11 is 0. The third kappa shape index (κ3) is 9.74. The molecule has 1 atom stereocenters. The quantitative estimate of drug-likeness (QED) is 0.274. The maximum absolute atomic E-state index is 11.3. The Morgan fingerprint density at radius 2 is 1.66 bits per heavy atom. The zero-order valence-electron chi connectivity index (χ0n) is 15.4. The van der Waals surface area contributed by atoms with Crippen molar-refractivity contribution in [1.82, 2.24) is 0 Å². The summed E-state index contributed by atoms with van der Waals surface area (Å²) < 4.78 is 35.6. The molecule has 0 radical (unpaired) electrons. The predicted octanol–water partition coefficient (Wildman–Crippen LogP) is 4.65. The van der Waals surface area contributed by atoms with Crippen molar-refractivity contribution in [3.8, 4) is 5.75 Å². The Labute approximate surface area is 167 Å². The Balaban J connectivity index is 1.86. The number of hydrogen-bond acceptors (Lipinski definition) is 7. The molecule has 156 valence electrons. The van der Waals surface area contributed by atoms with Gasteiger partial charge in [-0.2, -0.15) is 14.5 Å². The van der Waals surface area contributed by atoms with Crippen molar-refractivity contribution in [3.63, 3.8) is 0 Å². The van der Waals surface area contributed by atoms with E-state index in [0.717, 1.165) is 5.69 Å². The first kappa shape index (κ1) is 23.1. The summed E-state index contributed by atoms with van der Waals surface area (Å²) in [5.74, 6) is 0.542. The minimum absolute atomic E-state index is 0.151. The van der Waals surface area contributed by atoms with E-state index in [1.54, 1.807) is 31.2 Å². The van der Waals surface area contributed by atoms with Crippen LogP contribution in [-0.2, 0) is 18.0 Å². The maximum Gasteiger partial charge on any atom is 0.481 e. The number of nitrogens with zero attached hydrogens (tertiary/aromatic N) is 2. The third-order valence-corrected chi connectivity index (χ3v) is 5.35. The second-order valence-electron chi connectivity index (χ2n) is 5.71. The number of phosphoric ester groups is 1. The van der Waals surface area contributed by atoms with Crippen molar-refractivity contribution in [1.29, 1.82) is 0 Å². The molecule has 10 nitrogen and oxygen atoms in total. The van der Waals surface area contributed by atoms with Gasteiger partial charge in [-0.25, -0.2) is 9.13 Å². The standard InChI is InChI=1S/C17H20N2O8P2/c1-14(10-11-26-29(23,24)27-28(20,21)22)13-25-17-9-5-8-16(12-17)19-18-15-6-3-2-4-7-15/h2-10,12H,11,13H2,1H3,(H,23,24)(H2,20,21,22)/b14-10+,19-18?. The van der Waals surface area contributed by atoms with Gasteiger partial charge in [0, 0.05) is 6.07 Å². The van der Waals surface area contributed by atoms with Gasteiger partial charge in [-0.05, 0) is 36.8 Å². The highest BCUT2D eigenvalue weighted by atomic mass is 31.3. The average molecular weight is 442 g/mol. The topological polar surface area (TPSA) is 147 Å². The first-order valence-electron chi connectivity index (χ1n) is 8.22. The zero-order valence-corrected chi connectivity index (χ0v) is 17.1. The molecule has 0 bridgehead atoms. The number of hydrogen-bond donors (Lipinski definition) is 3. The Bertz CT molecular complexity index is 959. The van der Waals surface area contributed by atoms with E-state index in [0.29, 0.717) is 17.0 Å². The minimum atomic E-state index is -5.13. The molecule has 0 aromatic heterocycles. The summed E-state index contributed by atoms with van der Waals surface area (Å²) in [6, 6.07) is 16.2. The molecule has 0 amide bonds. The monoisotopic (exact) mass is 442 g/mol. The molecule has 3 N–H and O–H groups in total. The van der Waals surface area contributed by atoms with Gasteiger partial charge in [0.1, 0.15) is 12.4 Å². The first-order valence-corrected chi connectivity index (χ1v) is 11.2. The van der Waals surface area contributed by atoms with Gasteiger partial charge in [-0.3, -0.25) is 4.52 Å². The van der Waals surface area contributed by atoms with Gasteiger partial charge in [-0.15, -0.1) is 0 Å². The fraction of sp³-hybridized carbons (Fsp3) is 0.176. The highest BCUT2D eigenvalue weighted by molar-refractivity contribution is 7.60. The van der Waals surface area contributed by atoms with E-state index in [-0.39, 0.29) is 6.61 Å². The van der Waals surface area contributed by atoms with Gasteiger partial charge in [0.2, 0.25) is 0 Å². The molecule has 0 fully saturated rings. The van der Waals surface area contributed by atoms with Crippen LogP contribution in [0.25, 0.3) is 0 Å². The van der Waals surface area contributed by atoms with Gasteiger partial charge < -0.3 is 19.4 Å². The van der Waals surface area contributed by atoms with E-state index >= 15 is 0 Å². The lowest BCUT2D eigenvalue weighted by atomic mass is 10.3. The van der Waals surface area contributed by atoms with Gasteiger partial charge >= 0.3 is 15.6 Å². The van der Waals surface area contributed by atoms with Crippen molar-refractivity contribution in [2.24, 2.45) is 10.2 Å². The second kappa shape index (κ2) is 10.6. The number of ether oxygens (including phenoxy) is 1.